The van der Waals surface area contributed by atoms with Gasteiger partial charge in [-0.1, -0.05) is 0 Å². The molecule has 0 aliphatic heterocycles. The van der Waals surface area contributed by atoms with Crippen molar-refractivity contribution >= 4 is 5.69 Å². The van der Waals surface area contributed by atoms with Gasteiger partial charge in [0.15, 0.2) is 0 Å². The molecule has 0 unspecified atom stereocenters. The van der Waals surface area contributed by atoms with E-state index >= 15 is 0 Å². The van der Waals surface area contributed by atoms with Gasteiger partial charge in [0.05, 0.1) is 18.1 Å². The summed E-state index contributed by atoms with van der Waals surface area (Å²) in [4.78, 5) is 9.71. The van der Waals surface area contributed by atoms with Gasteiger partial charge in [0.1, 0.15) is 11.8 Å². The Hall–Kier alpha value is -1.83. The molecule has 0 radical (unpaired) electrons. The number of halogens is 3. The van der Waals surface area contributed by atoms with Crippen molar-refractivity contribution < 1.29 is 22.8 Å². The third-order valence-corrected chi connectivity index (χ3v) is 2.12. The lowest BCUT2D eigenvalue weighted by Gasteiger charge is -2.18. The molecule has 2 N–H and O–H groups in total. The molecule has 0 heterocycles. The fourth-order valence-corrected chi connectivity index (χ4v) is 1.25. The van der Waals surface area contributed by atoms with Crippen LogP contribution < -0.4 is 10.5 Å². The van der Waals surface area contributed by atoms with E-state index in [1.165, 1.54) is 0 Å². The molecule has 0 amide bonds. The number of alkyl halides is 3. The molecule has 0 saturated carbocycles. The molecule has 0 spiro atoms. The molecule has 0 aromatic heterocycles. The van der Waals surface area contributed by atoms with Crippen LogP contribution in [0.4, 0.5) is 18.9 Å². The molecule has 1 rings (SSSR count). The quantitative estimate of drug-likeness (QED) is 0.658. The van der Waals surface area contributed by atoms with E-state index in [1.807, 2.05) is 0 Å². The fraction of sp³-hybridized carbons (Fsp3) is 0.333. The van der Waals surface area contributed by atoms with Gasteiger partial charge in [0.25, 0.3) is 5.69 Å². The molecular formula is C9H9F3N2O3. The highest BCUT2D eigenvalue weighted by atomic mass is 19.4. The summed E-state index contributed by atoms with van der Waals surface area (Å²) < 4.78 is 41.9. The van der Waals surface area contributed by atoms with Crippen LogP contribution >= 0.6 is 0 Å². The number of nitrogens with two attached hydrogens (primary N) is 1. The van der Waals surface area contributed by atoms with Crippen molar-refractivity contribution in [2.45, 2.75) is 12.2 Å². The van der Waals surface area contributed by atoms with Crippen molar-refractivity contribution in [2.24, 2.45) is 5.73 Å². The molecule has 17 heavy (non-hydrogen) atoms. The summed E-state index contributed by atoms with van der Waals surface area (Å²) in [5.41, 5.74) is 4.30. The first-order chi connectivity index (χ1) is 7.77. The summed E-state index contributed by atoms with van der Waals surface area (Å²) in [6.45, 7) is 0. The van der Waals surface area contributed by atoms with Crippen molar-refractivity contribution in [3.63, 3.8) is 0 Å². The van der Waals surface area contributed by atoms with E-state index in [1.54, 1.807) is 0 Å². The van der Waals surface area contributed by atoms with Gasteiger partial charge in [-0.05, 0) is 6.07 Å². The number of non-ortho nitro benzene ring substituents is 1. The van der Waals surface area contributed by atoms with Crippen LogP contribution in [0.15, 0.2) is 18.2 Å². The van der Waals surface area contributed by atoms with Crippen LogP contribution in [0.2, 0.25) is 0 Å². The van der Waals surface area contributed by atoms with E-state index in [4.69, 9.17) is 5.73 Å². The van der Waals surface area contributed by atoms with Gasteiger partial charge in [-0.3, -0.25) is 10.1 Å². The van der Waals surface area contributed by atoms with Crippen molar-refractivity contribution in [2.75, 3.05) is 7.11 Å². The SMILES string of the molecule is COc1cc([N+](=O)[O-])ccc1[C@@H](N)C(F)(F)F. The van der Waals surface area contributed by atoms with Crippen LogP contribution in [0.3, 0.4) is 0 Å². The Morgan fingerprint density at radius 3 is 2.47 bits per heavy atom. The van der Waals surface area contributed by atoms with Crippen LogP contribution in [0, 0.1) is 10.1 Å². The van der Waals surface area contributed by atoms with Gasteiger partial charge >= 0.3 is 6.18 Å². The maximum Gasteiger partial charge on any atom is 0.407 e. The average Bonchev–Trinajstić information content (AvgIpc) is 2.25. The molecule has 8 heteroatoms. The number of benzene rings is 1. The van der Waals surface area contributed by atoms with Gasteiger partial charge < -0.3 is 10.5 Å². The number of rotatable bonds is 3. The molecule has 0 bridgehead atoms. The zero-order valence-corrected chi connectivity index (χ0v) is 8.69. The third-order valence-electron chi connectivity index (χ3n) is 2.12. The largest absolute Gasteiger partial charge is 0.496 e. The molecule has 1 aromatic rings. The third kappa shape index (κ3) is 2.84. The van der Waals surface area contributed by atoms with E-state index in [-0.39, 0.29) is 17.0 Å². The summed E-state index contributed by atoms with van der Waals surface area (Å²) in [5, 5.41) is 10.4. The van der Waals surface area contributed by atoms with Crippen LogP contribution in [-0.2, 0) is 0 Å². The maximum atomic E-state index is 12.4. The minimum Gasteiger partial charge on any atom is -0.496 e. The molecule has 0 fully saturated rings. The number of hydrogen-bond donors (Lipinski definition) is 1. The second-order valence-corrected chi connectivity index (χ2v) is 3.20. The molecule has 94 valence electrons. The number of hydrogen-bond acceptors (Lipinski definition) is 4. The lowest BCUT2D eigenvalue weighted by molar-refractivity contribution is -0.385. The highest BCUT2D eigenvalue weighted by molar-refractivity contribution is 5.46. The second kappa shape index (κ2) is 4.58. The minimum atomic E-state index is -4.64. The standard InChI is InChI=1S/C9H9F3N2O3/c1-17-7-4-5(14(15)16)2-3-6(7)8(13)9(10,11)12/h2-4,8H,13H2,1H3/t8-/m1/s1. The molecule has 0 aliphatic rings. The summed E-state index contributed by atoms with van der Waals surface area (Å²) in [6.07, 6.45) is -4.64. The van der Waals surface area contributed by atoms with Gasteiger partial charge in [-0.2, -0.15) is 13.2 Å². The fourth-order valence-electron chi connectivity index (χ4n) is 1.25. The number of methoxy groups -OCH3 is 1. The summed E-state index contributed by atoms with van der Waals surface area (Å²) in [6, 6.07) is 0.553. The zero-order valence-electron chi connectivity index (χ0n) is 8.69. The van der Waals surface area contributed by atoms with Crippen LogP contribution in [0.1, 0.15) is 11.6 Å². The molecule has 1 aromatic carbocycles. The van der Waals surface area contributed by atoms with E-state index in [9.17, 15) is 23.3 Å². The zero-order chi connectivity index (χ0) is 13.2. The molecule has 1 atom stereocenters. The Kier molecular flexibility index (Phi) is 3.56. The summed E-state index contributed by atoms with van der Waals surface area (Å²) >= 11 is 0. The predicted octanol–water partition coefficient (Wildman–Crippen LogP) is 2.17. The monoisotopic (exact) mass is 250 g/mol. The highest BCUT2D eigenvalue weighted by Gasteiger charge is 2.39. The van der Waals surface area contributed by atoms with Crippen molar-refractivity contribution in [1.82, 2.24) is 0 Å². The summed E-state index contributed by atoms with van der Waals surface area (Å²) in [7, 11) is 1.12. The topological polar surface area (TPSA) is 78.4 Å². The normalized spacial score (nSPS) is 13.2. The van der Waals surface area contributed by atoms with Crippen molar-refractivity contribution in [3.05, 3.63) is 33.9 Å². The molecular weight excluding hydrogens is 241 g/mol. The molecule has 0 aliphatic carbocycles. The van der Waals surface area contributed by atoms with Crippen LogP contribution in [0.25, 0.3) is 0 Å². The van der Waals surface area contributed by atoms with Gasteiger partial charge in [-0.15, -0.1) is 0 Å². The predicted molar refractivity (Wildman–Crippen MR) is 52.6 cm³/mol. The average molecular weight is 250 g/mol. The van der Waals surface area contributed by atoms with Gasteiger partial charge in [0.2, 0.25) is 0 Å². The van der Waals surface area contributed by atoms with Crippen molar-refractivity contribution in [1.29, 1.82) is 0 Å². The first-order valence-electron chi connectivity index (χ1n) is 4.42. The van der Waals surface area contributed by atoms with Crippen LogP contribution in [-0.4, -0.2) is 18.2 Å². The number of nitro benzene ring substituents is 1. The van der Waals surface area contributed by atoms with E-state index in [0.29, 0.717) is 0 Å². The van der Waals surface area contributed by atoms with E-state index in [0.717, 1.165) is 25.3 Å². The number of nitro groups is 1. The first-order valence-corrected chi connectivity index (χ1v) is 4.42. The Labute approximate surface area is 94.1 Å². The molecule has 5 nitrogen and oxygen atoms in total. The van der Waals surface area contributed by atoms with Crippen molar-refractivity contribution in [3.8, 4) is 5.75 Å². The lowest BCUT2D eigenvalue weighted by Crippen LogP contribution is -2.28. The molecule has 0 saturated heterocycles. The maximum absolute atomic E-state index is 12.4. The number of ether oxygens (including phenoxy) is 1. The lowest BCUT2D eigenvalue weighted by atomic mass is 10.1. The van der Waals surface area contributed by atoms with Gasteiger partial charge in [0, 0.05) is 11.6 Å². The summed E-state index contributed by atoms with van der Waals surface area (Å²) in [5.74, 6) is -0.260. The number of nitrogens with zero attached hydrogens (tertiary/aromatic N) is 1. The van der Waals surface area contributed by atoms with Crippen LogP contribution in [0.5, 0.6) is 5.75 Å². The first kappa shape index (κ1) is 13.2. The van der Waals surface area contributed by atoms with Gasteiger partial charge in [-0.25, -0.2) is 0 Å². The Bertz CT molecular complexity index is 434. The van der Waals surface area contributed by atoms with E-state index < -0.39 is 17.1 Å². The Morgan fingerprint density at radius 1 is 1.47 bits per heavy atom. The Morgan fingerprint density at radius 2 is 2.06 bits per heavy atom. The Balaban J connectivity index is 3.22. The second-order valence-electron chi connectivity index (χ2n) is 3.20. The highest BCUT2D eigenvalue weighted by Crippen LogP contribution is 2.36. The van der Waals surface area contributed by atoms with E-state index in [2.05, 4.69) is 4.74 Å². The minimum absolute atomic E-state index is 0.260. The smallest absolute Gasteiger partial charge is 0.407 e.